The number of fused-ring (bicyclic) bond motifs is 1. The number of anilines is 1. The molecule has 0 bridgehead atoms. The molecule has 0 unspecified atom stereocenters. The Labute approximate surface area is 150 Å². The van der Waals surface area contributed by atoms with Gasteiger partial charge in [-0.2, -0.15) is 15.3 Å². The van der Waals surface area contributed by atoms with Gasteiger partial charge in [0.05, 0.1) is 41.4 Å². The Morgan fingerprint density at radius 1 is 1.15 bits per heavy atom. The van der Waals surface area contributed by atoms with E-state index in [1.807, 2.05) is 40.9 Å². The molecule has 1 aliphatic rings. The van der Waals surface area contributed by atoms with Crippen LogP contribution in [0.2, 0.25) is 0 Å². The van der Waals surface area contributed by atoms with Gasteiger partial charge in [-0.25, -0.2) is 9.50 Å². The normalized spacial score (nSPS) is 19.8. The minimum Gasteiger partial charge on any atom is -0.382 e. The number of nitrogens with zero attached hydrogens (tertiary/aromatic N) is 7. The van der Waals surface area contributed by atoms with E-state index in [1.54, 1.807) is 17.1 Å². The highest BCUT2D eigenvalue weighted by Gasteiger charge is 2.28. The fraction of sp³-hybridized carbons (Fsp3) is 0.333. The van der Waals surface area contributed by atoms with Crippen molar-refractivity contribution in [1.29, 1.82) is 0 Å². The zero-order valence-electron chi connectivity index (χ0n) is 14.7. The molecule has 4 heterocycles. The highest BCUT2D eigenvalue weighted by molar-refractivity contribution is 5.83. The lowest BCUT2D eigenvalue weighted by molar-refractivity contribution is 0.201. The van der Waals surface area contributed by atoms with Crippen LogP contribution < -0.4 is 5.73 Å². The number of hydrogen-bond acceptors (Lipinski definition) is 5. The van der Waals surface area contributed by atoms with E-state index in [1.165, 1.54) is 0 Å². The van der Waals surface area contributed by atoms with Crippen molar-refractivity contribution in [2.75, 3.05) is 5.73 Å². The van der Waals surface area contributed by atoms with Crippen molar-refractivity contribution in [3.8, 4) is 22.5 Å². The van der Waals surface area contributed by atoms with Crippen molar-refractivity contribution >= 4 is 11.3 Å². The zero-order chi connectivity index (χ0) is 17.8. The summed E-state index contributed by atoms with van der Waals surface area (Å²) in [6.07, 6.45) is 11.7. The summed E-state index contributed by atoms with van der Waals surface area (Å²) in [5.41, 5.74) is 10.5. The summed E-state index contributed by atoms with van der Waals surface area (Å²) in [6.45, 7) is 2.26. The molecule has 4 aromatic rings. The maximum atomic E-state index is 6.26. The van der Waals surface area contributed by atoms with Crippen LogP contribution in [-0.4, -0.2) is 34.2 Å². The second-order valence-electron chi connectivity index (χ2n) is 7.18. The molecule has 0 radical (unpaired) electrons. The van der Waals surface area contributed by atoms with Gasteiger partial charge in [0.15, 0.2) is 5.82 Å². The molecule has 5 rings (SSSR count). The van der Waals surface area contributed by atoms with Crippen LogP contribution in [0.4, 0.5) is 5.82 Å². The molecule has 132 valence electrons. The first-order valence-electron chi connectivity index (χ1n) is 8.77. The lowest BCUT2D eigenvalue weighted by Crippen LogP contribution is -2.25. The molecule has 8 heteroatoms. The topological polar surface area (TPSA) is 91.8 Å². The summed E-state index contributed by atoms with van der Waals surface area (Å²) in [7, 11) is 1.89. The fourth-order valence-corrected chi connectivity index (χ4v) is 3.67. The second kappa shape index (κ2) is 5.42. The molecule has 1 saturated carbocycles. The summed E-state index contributed by atoms with van der Waals surface area (Å²) in [6, 6.07) is 2.38. The van der Waals surface area contributed by atoms with E-state index in [0.717, 1.165) is 46.8 Å². The number of nitrogen functional groups attached to an aromatic ring is 1. The highest BCUT2D eigenvalue weighted by Crippen LogP contribution is 2.39. The minimum atomic E-state index is 0.434. The largest absolute Gasteiger partial charge is 0.382 e. The van der Waals surface area contributed by atoms with E-state index in [2.05, 4.69) is 22.2 Å². The monoisotopic (exact) mass is 348 g/mol. The van der Waals surface area contributed by atoms with Crippen molar-refractivity contribution in [3.05, 3.63) is 37.1 Å². The Balaban J connectivity index is 1.65. The molecule has 0 spiro atoms. The molecule has 2 N–H and O–H groups in total. The summed E-state index contributed by atoms with van der Waals surface area (Å²) in [4.78, 5) is 4.87. The average Bonchev–Trinajstić information content (AvgIpc) is 3.30. The first-order valence-corrected chi connectivity index (χ1v) is 8.77. The maximum absolute atomic E-state index is 6.26. The smallest absolute Gasteiger partial charge is 0.155 e. The predicted molar refractivity (Wildman–Crippen MR) is 98.3 cm³/mol. The third-order valence-electron chi connectivity index (χ3n) is 5.13. The highest BCUT2D eigenvalue weighted by atomic mass is 15.3. The Hall–Kier alpha value is -3.16. The molecule has 1 fully saturated rings. The Morgan fingerprint density at radius 3 is 2.73 bits per heavy atom. The lowest BCUT2D eigenvalue weighted by atomic mass is 9.82. The molecule has 0 atom stereocenters. The summed E-state index contributed by atoms with van der Waals surface area (Å²) >= 11 is 0. The third-order valence-corrected chi connectivity index (χ3v) is 5.13. The first kappa shape index (κ1) is 15.1. The number of hydrogen-bond donors (Lipinski definition) is 1. The molecule has 4 aromatic heterocycles. The summed E-state index contributed by atoms with van der Waals surface area (Å²) in [5.74, 6) is 1.26. The number of aryl methyl sites for hydroxylation is 1. The van der Waals surface area contributed by atoms with Gasteiger partial charge in [0.1, 0.15) is 5.69 Å². The number of rotatable bonds is 3. The molecule has 1 aliphatic carbocycles. The molecule has 0 amide bonds. The van der Waals surface area contributed by atoms with Gasteiger partial charge in [0.2, 0.25) is 0 Å². The van der Waals surface area contributed by atoms with Gasteiger partial charge in [-0.1, -0.05) is 6.92 Å². The fourth-order valence-electron chi connectivity index (χ4n) is 3.67. The van der Waals surface area contributed by atoms with Crippen molar-refractivity contribution in [3.63, 3.8) is 0 Å². The molecule has 26 heavy (non-hydrogen) atoms. The van der Waals surface area contributed by atoms with Crippen LogP contribution in [0, 0.1) is 5.92 Å². The van der Waals surface area contributed by atoms with E-state index in [0.29, 0.717) is 11.9 Å². The molecule has 0 aromatic carbocycles. The molecular formula is C18H20N8. The van der Waals surface area contributed by atoms with Crippen LogP contribution >= 0.6 is 0 Å². The molecule has 0 aliphatic heterocycles. The van der Waals surface area contributed by atoms with E-state index in [-0.39, 0.29) is 0 Å². The standard InChI is InChI=1S/C18H20N8/c1-11-5-13(6-11)25-9-14(18(19)23-25)17-16-3-4-20-26(16)10-15(22-17)12-7-21-24(2)8-12/h3-4,7-11,13H,5-6H2,1-2H3,(H2,19,23)/t11-,13+. The molecule has 0 saturated heterocycles. The SMILES string of the molecule is Cn1cc(-c2cn3nccc3c(-c3cn([C@H]4C[C@@H](C)C4)nc3N)n2)cn1. The van der Waals surface area contributed by atoms with Crippen LogP contribution in [-0.2, 0) is 7.05 Å². The number of nitrogens with two attached hydrogens (primary N) is 1. The van der Waals surface area contributed by atoms with E-state index >= 15 is 0 Å². The van der Waals surface area contributed by atoms with Crippen molar-refractivity contribution in [2.24, 2.45) is 13.0 Å². The Kier molecular flexibility index (Phi) is 3.15. The zero-order valence-corrected chi connectivity index (χ0v) is 14.7. The molecule has 8 nitrogen and oxygen atoms in total. The van der Waals surface area contributed by atoms with E-state index < -0.39 is 0 Å². The van der Waals surface area contributed by atoms with Gasteiger partial charge in [0.25, 0.3) is 0 Å². The van der Waals surface area contributed by atoms with Crippen LogP contribution in [0.15, 0.2) is 37.1 Å². The van der Waals surface area contributed by atoms with Crippen LogP contribution in [0.5, 0.6) is 0 Å². The third kappa shape index (κ3) is 2.29. The van der Waals surface area contributed by atoms with Crippen LogP contribution in [0.1, 0.15) is 25.8 Å². The summed E-state index contributed by atoms with van der Waals surface area (Å²) < 4.78 is 5.58. The van der Waals surface area contributed by atoms with Gasteiger partial charge in [0, 0.05) is 25.0 Å². The maximum Gasteiger partial charge on any atom is 0.155 e. The van der Waals surface area contributed by atoms with Crippen molar-refractivity contribution in [2.45, 2.75) is 25.8 Å². The first-order chi connectivity index (χ1) is 12.6. The van der Waals surface area contributed by atoms with Gasteiger partial charge in [-0.15, -0.1) is 0 Å². The summed E-state index contributed by atoms with van der Waals surface area (Å²) in [5, 5.41) is 13.2. The quantitative estimate of drug-likeness (QED) is 0.614. The average molecular weight is 348 g/mol. The van der Waals surface area contributed by atoms with Gasteiger partial charge < -0.3 is 5.73 Å². The Bertz CT molecular complexity index is 1100. The number of aromatic nitrogens is 7. The predicted octanol–water partition coefficient (Wildman–Crippen LogP) is 2.55. The van der Waals surface area contributed by atoms with Crippen LogP contribution in [0.25, 0.3) is 28.0 Å². The minimum absolute atomic E-state index is 0.434. The van der Waals surface area contributed by atoms with E-state index in [4.69, 9.17) is 10.7 Å². The van der Waals surface area contributed by atoms with Gasteiger partial charge in [-0.3, -0.25) is 9.36 Å². The molecular weight excluding hydrogens is 328 g/mol. The van der Waals surface area contributed by atoms with Crippen molar-refractivity contribution < 1.29 is 0 Å². The van der Waals surface area contributed by atoms with E-state index in [9.17, 15) is 0 Å². The Morgan fingerprint density at radius 2 is 2.00 bits per heavy atom. The van der Waals surface area contributed by atoms with Crippen LogP contribution in [0.3, 0.4) is 0 Å². The van der Waals surface area contributed by atoms with Gasteiger partial charge in [-0.05, 0) is 24.8 Å². The van der Waals surface area contributed by atoms with Gasteiger partial charge >= 0.3 is 0 Å². The lowest BCUT2D eigenvalue weighted by Gasteiger charge is -2.32. The second-order valence-corrected chi connectivity index (χ2v) is 7.18. The van der Waals surface area contributed by atoms with Crippen molar-refractivity contribution in [1.82, 2.24) is 34.2 Å².